The molecule has 0 atom stereocenters. The van der Waals surface area contributed by atoms with Crippen LogP contribution < -0.4 is 9.47 Å². The standard InChI is InChI=1S/C23H17Cl5O3S/c1-3-14-6-9-17(32-14)15(29)7-4-12-5-8-16(30-2)13(10-12)11-31-23-21(27)19(25)18(24)20(26)22(23)28/h4-10H,3,11H2,1-2H3/b7-4+. The molecule has 0 spiro atoms. The first-order valence-corrected chi connectivity index (χ1v) is 12.1. The van der Waals surface area contributed by atoms with Crippen molar-refractivity contribution in [1.29, 1.82) is 0 Å². The van der Waals surface area contributed by atoms with E-state index in [0.29, 0.717) is 16.2 Å². The highest BCUT2D eigenvalue weighted by atomic mass is 35.5. The van der Waals surface area contributed by atoms with E-state index in [4.69, 9.17) is 67.5 Å². The molecule has 0 unspecified atom stereocenters. The van der Waals surface area contributed by atoms with E-state index in [0.717, 1.165) is 12.0 Å². The number of carbonyl (C=O) groups is 1. The Kier molecular flexibility index (Phi) is 8.79. The van der Waals surface area contributed by atoms with E-state index in [2.05, 4.69) is 6.92 Å². The molecule has 0 aliphatic carbocycles. The van der Waals surface area contributed by atoms with Crippen molar-refractivity contribution in [2.45, 2.75) is 20.0 Å². The minimum absolute atomic E-state index is 0.0488. The molecule has 0 radical (unpaired) electrons. The quantitative estimate of drug-likeness (QED) is 0.121. The Morgan fingerprint density at radius 1 is 0.969 bits per heavy atom. The number of hydrogen-bond acceptors (Lipinski definition) is 4. The molecule has 0 N–H and O–H groups in total. The van der Waals surface area contributed by atoms with Gasteiger partial charge >= 0.3 is 0 Å². The highest BCUT2D eigenvalue weighted by molar-refractivity contribution is 7.14. The maximum absolute atomic E-state index is 12.4. The molecule has 0 saturated heterocycles. The Morgan fingerprint density at radius 3 is 2.22 bits per heavy atom. The molecule has 168 valence electrons. The predicted octanol–water partition coefficient (Wildman–Crippen LogP) is 9.06. The van der Waals surface area contributed by atoms with Gasteiger partial charge in [0.2, 0.25) is 0 Å². The van der Waals surface area contributed by atoms with Crippen LogP contribution in [-0.4, -0.2) is 12.9 Å². The van der Waals surface area contributed by atoms with E-state index >= 15 is 0 Å². The maximum Gasteiger partial charge on any atom is 0.195 e. The molecule has 0 bridgehead atoms. The molecule has 9 heteroatoms. The van der Waals surface area contributed by atoms with E-state index in [-0.39, 0.29) is 43.3 Å². The van der Waals surface area contributed by atoms with E-state index in [1.807, 2.05) is 24.3 Å². The van der Waals surface area contributed by atoms with Crippen LogP contribution in [0.25, 0.3) is 6.08 Å². The van der Waals surface area contributed by atoms with Crippen LogP contribution in [0.1, 0.15) is 32.6 Å². The van der Waals surface area contributed by atoms with Crippen molar-refractivity contribution < 1.29 is 14.3 Å². The van der Waals surface area contributed by atoms with Gasteiger partial charge in [-0.1, -0.05) is 77.1 Å². The molecule has 0 saturated carbocycles. The van der Waals surface area contributed by atoms with Gasteiger partial charge in [0.25, 0.3) is 0 Å². The number of aryl methyl sites for hydroxylation is 1. The summed E-state index contributed by atoms with van der Waals surface area (Å²) in [5.74, 6) is 0.667. The van der Waals surface area contributed by atoms with Crippen molar-refractivity contribution in [3.63, 3.8) is 0 Å². The zero-order valence-electron chi connectivity index (χ0n) is 17.0. The van der Waals surface area contributed by atoms with E-state index < -0.39 is 0 Å². The molecule has 0 fully saturated rings. The highest BCUT2D eigenvalue weighted by Gasteiger charge is 2.21. The zero-order chi connectivity index (χ0) is 23.4. The number of ether oxygens (including phenoxy) is 2. The summed E-state index contributed by atoms with van der Waals surface area (Å²) in [7, 11) is 1.55. The first kappa shape index (κ1) is 25.2. The van der Waals surface area contributed by atoms with Crippen molar-refractivity contribution in [3.05, 3.63) is 82.4 Å². The Morgan fingerprint density at radius 2 is 1.62 bits per heavy atom. The van der Waals surface area contributed by atoms with Crippen molar-refractivity contribution >= 4 is 81.2 Å². The first-order valence-electron chi connectivity index (χ1n) is 9.39. The molecule has 0 aliphatic heterocycles. The van der Waals surface area contributed by atoms with Crippen molar-refractivity contribution in [1.82, 2.24) is 0 Å². The van der Waals surface area contributed by atoms with Gasteiger partial charge in [0.1, 0.15) is 22.4 Å². The summed E-state index contributed by atoms with van der Waals surface area (Å²) in [6.07, 6.45) is 4.19. The van der Waals surface area contributed by atoms with Gasteiger partial charge in [-0.2, -0.15) is 0 Å². The molecule has 0 aliphatic rings. The third-order valence-electron chi connectivity index (χ3n) is 4.53. The molecule has 0 amide bonds. The predicted molar refractivity (Wildman–Crippen MR) is 136 cm³/mol. The Bertz CT molecular complexity index is 1160. The second kappa shape index (κ2) is 11.1. The highest BCUT2D eigenvalue weighted by Crippen LogP contribution is 2.48. The van der Waals surface area contributed by atoms with Crippen LogP contribution in [-0.2, 0) is 13.0 Å². The summed E-state index contributed by atoms with van der Waals surface area (Å²) in [5.41, 5.74) is 1.51. The molecular formula is C23H17Cl5O3S. The molecule has 3 nitrogen and oxygen atoms in total. The second-order valence-corrected chi connectivity index (χ2v) is 9.63. The summed E-state index contributed by atoms with van der Waals surface area (Å²) < 4.78 is 11.2. The molecule has 1 aromatic heterocycles. The molecule has 2 aromatic carbocycles. The lowest BCUT2D eigenvalue weighted by Gasteiger charge is -2.15. The van der Waals surface area contributed by atoms with Crippen LogP contribution in [0, 0.1) is 0 Å². The van der Waals surface area contributed by atoms with Gasteiger partial charge in [0, 0.05) is 10.4 Å². The number of benzene rings is 2. The molecule has 3 aromatic rings. The van der Waals surface area contributed by atoms with Gasteiger partial charge in [0.15, 0.2) is 11.5 Å². The van der Waals surface area contributed by atoms with E-state index in [9.17, 15) is 4.79 Å². The number of halogens is 5. The van der Waals surface area contributed by atoms with Crippen LogP contribution >= 0.6 is 69.3 Å². The third-order valence-corrected chi connectivity index (χ3v) is 8.01. The van der Waals surface area contributed by atoms with Gasteiger partial charge in [-0.3, -0.25) is 4.79 Å². The average Bonchev–Trinajstić information content (AvgIpc) is 3.29. The summed E-state index contributed by atoms with van der Waals surface area (Å²) in [5, 5.41) is 0.296. The fourth-order valence-corrected chi connectivity index (χ4v) is 4.93. The number of rotatable bonds is 8. The molecule has 32 heavy (non-hydrogen) atoms. The van der Waals surface area contributed by atoms with Gasteiger partial charge in [-0.25, -0.2) is 0 Å². The maximum atomic E-state index is 12.4. The number of carbonyl (C=O) groups excluding carboxylic acids is 1. The lowest BCUT2D eigenvalue weighted by molar-refractivity contribution is 0.105. The minimum atomic E-state index is -0.0488. The lowest BCUT2D eigenvalue weighted by atomic mass is 10.1. The largest absolute Gasteiger partial charge is 0.496 e. The lowest BCUT2D eigenvalue weighted by Crippen LogP contribution is -2.01. The van der Waals surface area contributed by atoms with Gasteiger partial charge < -0.3 is 9.47 Å². The SMILES string of the molecule is CCc1ccc(C(=O)/C=C/c2ccc(OC)c(COc3c(Cl)c(Cl)c(Cl)c(Cl)c3Cl)c2)s1. The van der Waals surface area contributed by atoms with Crippen LogP contribution in [0.5, 0.6) is 11.5 Å². The number of methoxy groups -OCH3 is 1. The monoisotopic (exact) mass is 548 g/mol. The summed E-state index contributed by atoms with van der Waals surface area (Å²) in [4.78, 5) is 14.3. The van der Waals surface area contributed by atoms with Gasteiger partial charge in [-0.05, 0) is 42.3 Å². The minimum Gasteiger partial charge on any atom is -0.496 e. The summed E-state index contributed by atoms with van der Waals surface area (Å²) >= 11 is 32.2. The van der Waals surface area contributed by atoms with Crippen molar-refractivity contribution in [3.8, 4) is 11.5 Å². The van der Waals surface area contributed by atoms with Gasteiger partial charge in [-0.15, -0.1) is 11.3 Å². The summed E-state index contributed by atoms with van der Waals surface area (Å²) in [6.45, 7) is 2.13. The Labute approximate surface area is 215 Å². The van der Waals surface area contributed by atoms with Crippen molar-refractivity contribution in [2.75, 3.05) is 7.11 Å². The van der Waals surface area contributed by atoms with Gasteiger partial charge in [0.05, 0.1) is 27.1 Å². The van der Waals surface area contributed by atoms with Crippen molar-refractivity contribution in [2.24, 2.45) is 0 Å². The third kappa shape index (κ3) is 5.56. The van der Waals surface area contributed by atoms with Crippen LogP contribution in [0.2, 0.25) is 25.1 Å². The van der Waals surface area contributed by atoms with E-state index in [1.165, 1.54) is 16.2 Å². The Balaban J connectivity index is 1.82. The fraction of sp³-hybridized carbons (Fsp3) is 0.174. The van der Waals surface area contributed by atoms with Crippen LogP contribution in [0.4, 0.5) is 0 Å². The Hall–Kier alpha value is -1.40. The van der Waals surface area contributed by atoms with Crippen LogP contribution in [0.3, 0.4) is 0 Å². The number of thiophene rings is 1. The van der Waals surface area contributed by atoms with Crippen LogP contribution in [0.15, 0.2) is 36.4 Å². The summed E-state index contributed by atoms with van der Waals surface area (Å²) in [6, 6.07) is 9.29. The number of ketones is 1. The zero-order valence-corrected chi connectivity index (χ0v) is 21.6. The first-order chi connectivity index (χ1) is 15.3. The smallest absolute Gasteiger partial charge is 0.195 e. The second-order valence-electron chi connectivity index (χ2n) is 6.58. The van der Waals surface area contributed by atoms with E-state index in [1.54, 1.807) is 25.3 Å². The molecular weight excluding hydrogens is 534 g/mol. The average molecular weight is 551 g/mol. The molecule has 3 rings (SSSR count). The topological polar surface area (TPSA) is 35.5 Å². The fourth-order valence-electron chi connectivity index (χ4n) is 2.83. The number of hydrogen-bond donors (Lipinski definition) is 0. The molecule has 1 heterocycles. The normalized spacial score (nSPS) is 11.2. The number of allylic oxidation sites excluding steroid dienone is 1.